The van der Waals surface area contributed by atoms with Gasteiger partial charge in [0, 0.05) is 25.7 Å². The summed E-state index contributed by atoms with van der Waals surface area (Å²) in [6, 6.07) is 0.0200. The molecule has 0 aromatic heterocycles. The van der Waals surface area contributed by atoms with Crippen molar-refractivity contribution in [3.05, 3.63) is 0 Å². The normalized spacial score (nSPS) is 32.1. The van der Waals surface area contributed by atoms with Crippen LogP contribution in [-0.2, 0) is 9.53 Å². The highest BCUT2D eigenvalue weighted by atomic mass is 16.5. The minimum Gasteiger partial charge on any atom is -0.481 e. The number of likely N-dealkylation sites (tertiary alicyclic amines) is 1. The molecule has 2 fully saturated rings. The molecule has 120 valence electrons. The van der Waals surface area contributed by atoms with Crippen molar-refractivity contribution in [2.75, 3.05) is 19.7 Å². The van der Waals surface area contributed by atoms with Crippen LogP contribution in [0.5, 0.6) is 0 Å². The SMILES string of the molecule is CCOC1CC(NC(=O)N2CCC(C(=O)O)(C(C)C)C2)C1. The summed E-state index contributed by atoms with van der Waals surface area (Å²) in [5.74, 6) is -0.785. The van der Waals surface area contributed by atoms with E-state index in [9.17, 15) is 14.7 Å². The Hall–Kier alpha value is -1.30. The van der Waals surface area contributed by atoms with E-state index in [-0.39, 0.29) is 24.1 Å². The molecule has 1 aliphatic heterocycles. The van der Waals surface area contributed by atoms with Crippen LogP contribution in [0.4, 0.5) is 4.79 Å². The van der Waals surface area contributed by atoms with Gasteiger partial charge in [0.2, 0.25) is 0 Å². The first-order valence-electron chi connectivity index (χ1n) is 7.79. The first-order chi connectivity index (χ1) is 9.89. The quantitative estimate of drug-likeness (QED) is 0.809. The highest BCUT2D eigenvalue weighted by Gasteiger charge is 2.48. The zero-order chi connectivity index (χ0) is 15.6. The molecule has 0 aromatic rings. The third-order valence-corrected chi connectivity index (χ3v) is 4.94. The number of nitrogens with one attached hydrogen (secondary N) is 1. The molecule has 2 N–H and O–H groups in total. The summed E-state index contributed by atoms with van der Waals surface area (Å²) < 4.78 is 5.47. The van der Waals surface area contributed by atoms with Crippen molar-refractivity contribution < 1.29 is 19.4 Å². The molecule has 1 saturated heterocycles. The van der Waals surface area contributed by atoms with Gasteiger partial charge in [0.1, 0.15) is 0 Å². The third kappa shape index (κ3) is 3.15. The van der Waals surface area contributed by atoms with E-state index in [0.29, 0.717) is 26.1 Å². The monoisotopic (exact) mass is 298 g/mol. The summed E-state index contributed by atoms with van der Waals surface area (Å²) >= 11 is 0. The topological polar surface area (TPSA) is 78.9 Å². The van der Waals surface area contributed by atoms with E-state index < -0.39 is 11.4 Å². The molecule has 0 aromatic carbocycles. The Morgan fingerprint density at radius 3 is 2.57 bits per heavy atom. The van der Waals surface area contributed by atoms with Gasteiger partial charge in [0.15, 0.2) is 0 Å². The van der Waals surface area contributed by atoms with Crippen LogP contribution < -0.4 is 5.32 Å². The van der Waals surface area contributed by atoms with Crippen LogP contribution in [0.2, 0.25) is 0 Å². The number of aliphatic carboxylic acids is 1. The van der Waals surface area contributed by atoms with Gasteiger partial charge in [-0.25, -0.2) is 4.79 Å². The molecule has 1 saturated carbocycles. The molecule has 2 amide bonds. The average Bonchev–Trinajstić information content (AvgIpc) is 2.82. The van der Waals surface area contributed by atoms with Crippen molar-refractivity contribution in [2.24, 2.45) is 11.3 Å². The van der Waals surface area contributed by atoms with Gasteiger partial charge in [-0.1, -0.05) is 13.8 Å². The van der Waals surface area contributed by atoms with Gasteiger partial charge in [-0.3, -0.25) is 4.79 Å². The van der Waals surface area contributed by atoms with Crippen molar-refractivity contribution >= 4 is 12.0 Å². The number of carboxylic acid groups (broad SMARTS) is 1. The van der Waals surface area contributed by atoms with Crippen LogP contribution in [0, 0.1) is 11.3 Å². The van der Waals surface area contributed by atoms with Gasteiger partial charge in [0.25, 0.3) is 0 Å². The molecule has 2 aliphatic rings. The Kier molecular flexibility index (Phi) is 4.76. The Labute approximate surface area is 125 Å². The number of hydrogen-bond acceptors (Lipinski definition) is 3. The predicted octanol–water partition coefficient (Wildman–Crippen LogP) is 1.70. The molecule has 0 spiro atoms. The highest BCUT2D eigenvalue weighted by Crippen LogP contribution is 2.38. The highest BCUT2D eigenvalue weighted by molar-refractivity contribution is 5.80. The molecule has 21 heavy (non-hydrogen) atoms. The summed E-state index contributed by atoms with van der Waals surface area (Å²) in [5.41, 5.74) is -0.801. The first kappa shape index (κ1) is 16.1. The van der Waals surface area contributed by atoms with Crippen LogP contribution >= 0.6 is 0 Å². The predicted molar refractivity (Wildman–Crippen MR) is 78.1 cm³/mol. The zero-order valence-electron chi connectivity index (χ0n) is 13.1. The van der Waals surface area contributed by atoms with E-state index in [4.69, 9.17) is 4.74 Å². The van der Waals surface area contributed by atoms with Gasteiger partial charge < -0.3 is 20.1 Å². The van der Waals surface area contributed by atoms with Crippen LogP contribution in [0.3, 0.4) is 0 Å². The number of ether oxygens (including phenoxy) is 1. The van der Waals surface area contributed by atoms with Gasteiger partial charge in [0.05, 0.1) is 11.5 Å². The second-order valence-electron chi connectivity index (χ2n) is 6.48. The summed E-state index contributed by atoms with van der Waals surface area (Å²) in [5, 5.41) is 12.5. The molecule has 2 rings (SSSR count). The summed E-state index contributed by atoms with van der Waals surface area (Å²) in [6.07, 6.45) is 2.48. The summed E-state index contributed by atoms with van der Waals surface area (Å²) in [7, 11) is 0. The minimum atomic E-state index is -0.801. The van der Waals surface area contributed by atoms with Crippen LogP contribution in [-0.4, -0.2) is 53.8 Å². The van der Waals surface area contributed by atoms with Crippen molar-refractivity contribution in [1.82, 2.24) is 10.2 Å². The van der Waals surface area contributed by atoms with E-state index >= 15 is 0 Å². The fourth-order valence-corrected chi connectivity index (χ4v) is 3.22. The van der Waals surface area contributed by atoms with Gasteiger partial charge in [-0.15, -0.1) is 0 Å². The van der Waals surface area contributed by atoms with Crippen LogP contribution in [0.25, 0.3) is 0 Å². The number of carboxylic acids is 1. The maximum absolute atomic E-state index is 12.2. The van der Waals surface area contributed by atoms with Crippen molar-refractivity contribution in [2.45, 2.75) is 52.2 Å². The van der Waals surface area contributed by atoms with Crippen molar-refractivity contribution in [3.8, 4) is 0 Å². The lowest BCUT2D eigenvalue weighted by Crippen LogP contribution is -2.52. The number of rotatable bonds is 5. The summed E-state index contributed by atoms with van der Waals surface area (Å²) in [4.78, 5) is 25.4. The molecule has 1 unspecified atom stereocenters. The Morgan fingerprint density at radius 1 is 1.43 bits per heavy atom. The maximum Gasteiger partial charge on any atom is 0.317 e. The number of carbonyl (C=O) groups is 2. The molecular weight excluding hydrogens is 272 g/mol. The van der Waals surface area contributed by atoms with Crippen molar-refractivity contribution in [1.29, 1.82) is 0 Å². The molecule has 6 nitrogen and oxygen atoms in total. The molecule has 1 atom stereocenters. The zero-order valence-corrected chi connectivity index (χ0v) is 13.1. The van der Waals surface area contributed by atoms with E-state index in [1.165, 1.54) is 0 Å². The lowest BCUT2D eigenvalue weighted by molar-refractivity contribution is -0.150. The molecule has 6 heteroatoms. The number of amides is 2. The Morgan fingerprint density at radius 2 is 2.10 bits per heavy atom. The number of hydrogen-bond donors (Lipinski definition) is 2. The van der Waals surface area contributed by atoms with Crippen LogP contribution in [0.15, 0.2) is 0 Å². The second-order valence-corrected chi connectivity index (χ2v) is 6.48. The van der Waals surface area contributed by atoms with Gasteiger partial charge in [-0.05, 0) is 32.1 Å². The lowest BCUT2D eigenvalue weighted by Gasteiger charge is -2.36. The Bertz CT molecular complexity index is 406. The molecule has 1 heterocycles. The number of urea groups is 1. The standard InChI is InChI=1S/C15H26N2O4/c1-4-21-12-7-11(8-12)16-14(20)17-6-5-15(9-17,10(2)3)13(18)19/h10-12H,4-9H2,1-3H3,(H,16,20)(H,18,19). The molecule has 1 aliphatic carbocycles. The first-order valence-corrected chi connectivity index (χ1v) is 7.79. The minimum absolute atomic E-state index is 0.0128. The maximum atomic E-state index is 12.2. The number of nitrogens with zero attached hydrogens (tertiary/aromatic N) is 1. The molecule has 0 radical (unpaired) electrons. The largest absolute Gasteiger partial charge is 0.481 e. The Balaban J connectivity index is 1.84. The van der Waals surface area contributed by atoms with Gasteiger partial charge >= 0.3 is 12.0 Å². The van der Waals surface area contributed by atoms with Crippen LogP contribution in [0.1, 0.15) is 40.0 Å². The number of carbonyl (C=O) groups excluding carboxylic acids is 1. The van der Waals surface area contributed by atoms with E-state index in [2.05, 4.69) is 5.32 Å². The van der Waals surface area contributed by atoms with Crippen molar-refractivity contribution in [3.63, 3.8) is 0 Å². The summed E-state index contributed by atoms with van der Waals surface area (Å²) in [6.45, 7) is 7.30. The lowest BCUT2D eigenvalue weighted by atomic mass is 9.76. The smallest absolute Gasteiger partial charge is 0.317 e. The van der Waals surface area contributed by atoms with Gasteiger partial charge in [-0.2, -0.15) is 0 Å². The third-order valence-electron chi connectivity index (χ3n) is 4.94. The van der Waals surface area contributed by atoms with E-state index in [1.807, 2.05) is 20.8 Å². The molecular formula is C15H26N2O4. The fourth-order valence-electron chi connectivity index (χ4n) is 3.22. The fraction of sp³-hybridized carbons (Fsp3) is 0.867. The molecule has 0 bridgehead atoms. The van der Waals surface area contributed by atoms with E-state index in [1.54, 1.807) is 4.90 Å². The van der Waals surface area contributed by atoms with E-state index in [0.717, 1.165) is 12.8 Å². The average molecular weight is 298 g/mol. The second kappa shape index (κ2) is 6.22.